The molecule has 1 aromatic carbocycles. The molecule has 0 spiro atoms. The van der Waals surface area contributed by atoms with Gasteiger partial charge in [0.15, 0.2) is 0 Å². The molecule has 1 heterocycles. The van der Waals surface area contributed by atoms with Crippen LogP contribution in [0.15, 0.2) is 18.2 Å². The number of nitrogens with zero attached hydrogens (tertiary/aromatic N) is 1. The summed E-state index contributed by atoms with van der Waals surface area (Å²) in [7, 11) is 0. The third-order valence-electron chi connectivity index (χ3n) is 3.74. The van der Waals surface area contributed by atoms with Crippen LogP contribution in [0.4, 0.5) is 0 Å². The first-order valence-corrected chi connectivity index (χ1v) is 6.79. The third-order valence-corrected chi connectivity index (χ3v) is 3.74. The first-order valence-electron chi connectivity index (χ1n) is 6.79. The topological polar surface area (TPSA) is 42.2 Å². The minimum Gasteiger partial charge on any atom is -0.481 e. The van der Waals surface area contributed by atoms with Gasteiger partial charge in [0, 0.05) is 11.4 Å². The quantitative estimate of drug-likeness (QED) is 0.926. The number of hydrogen-bond donors (Lipinski definition) is 1. The van der Waals surface area contributed by atoms with Crippen LogP contribution in [0.3, 0.4) is 0 Å². The van der Waals surface area contributed by atoms with Gasteiger partial charge in [-0.3, -0.25) is 4.79 Å². The number of carboxylic acid groups (broad SMARTS) is 1. The van der Waals surface area contributed by atoms with E-state index in [0.717, 1.165) is 17.0 Å². The van der Waals surface area contributed by atoms with Gasteiger partial charge < -0.3 is 9.67 Å². The SMILES string of the molecule is Cc1cc(C)c(-n2c(C)cc(CC(=O)O)c2C)c(C)c1. The normalized spacial score (nSPS) is 10.8. The Bertz CT molecular complexity index is 658. The number of aliphatic carboxylic acids is 1. The third kappa shape index (κ3) is 2.48. The maximum atomic E-state index is 10.9. The first kappa shape index (κ1) is 14.4. The van der Waals surface area contributed by atoms with Crippen molar-refractivity contribution in [3.05, 3.63) is 51.8 Å². The van der Waals surface area contributed by atoms with E-state index < -0.39 is 5.97 Å². The summed E-state index contributed by atoms with van der Waals surface area (Å²) in [5.74, 6) is -0.789. The van der Waals surface area contributed by atoms with Gasteiger partial charge in [-0.05, 0) is 57.4 Å². The van der Waals surface area contributed by atoms with E-state index in [1.807, 2.05) is 19.9 Å². The Morgan fingerprint density at radius 2 is 1.60 bits per heavy atom. The van der Waals surface area contributed by atoms with Crippen LogP contribution < -0.4 is 0 Å². The van der Waals surface area contributed by atoms with Gasteiger partial charge >= 0.3 is 5.97 Å². The fourth-order valence-corrected chi connectivity index (χ4v) is 3.04. The molecule has 0 unspecified atom stereocenters. The second-order valence-corrected chi connectivity index (χ2v) is 5.55. The molecule has 0 saturated heterocycles. The fraction of sp³-hybridized carbons (Fsp3) is 0.353. The molecular weight excluding hydrogens is 250 g/mol. The monoisotopic (exact) mass is 271 g/mol. The Hall–Kier alpha value is -2.03. The fourth-order valence-electron chi connectivity index (χ4n) is 3.04. The molecule has 0 saturated carbocycles. The highest BCUT2D eigenvalue weighted by atomic mass is 16.4. The van der Waals surface area contributed by atoms with Gasteiger partial charge in [-0.15, -0.1) is 0 Å². The molecule has 1 aromatic heterocycles. The Labute approximate surface area is 119 Å². The van der Waals surface area contributed by atoms with E-state index in [9.17, 15) is 4.79 Å². The zero-order valence-corrected chi connectivity index (χ0v) is 12.7. The van der Waals surface area contributed by atoms with E-state index in [1.54, 1.807) is 0 Å². The van der Waals surface area contributed by atoms with Crippen LogP contribution in [0, 0.1) is 34.6 Å². The van der Waals surface area contributed by atoms with Crippen LogP contribution in [0.5, 0.6) is 0 Å². The summed E-state index contributed by atoms with van der Waals surface area (Å²) in [4.78, 5) is 10.9. The molecule has 3 heteroatoms. The van der Waals surface area contributed by atoms with E-state index in [4.69, 9.17) is 5.11 Å². The summed E-state index contributed by atoms with van der Waals surface area (Å²) < 4.78 is 2.17. The predicted octanol–water partition coefficient (Wildman–Crippen LogP) is 3.65. The molecule has 1 N–H and O–H groups in total. The van der Waals surface area contributed by atoms with Gasteiger partial charge in [0.1, 0.15) is 0 Å². The summed E-state index contributed by atoms with van der Waals surface area (Å²) in [5.41, 5.74) is 7.82. The number of benzene rings is 1. The largest absolute Gasteiger partial charge is 0.481 e. The molecule has 0 amide bonds. The van der Waals surface area contributed by atoms with Crippen molar-refractivity contribution in [2.45, 2.75) is 41.0 Å². The molecule has 106 valence electrons. The van der Waals surface area contributed by atoms with E-state index in [1.165, 1.54) is 22.4 Å². The number of hydrogen-bond acceptors (Lipinski definition) is 1. The molecule has 0 fully saturated rings. The van der Waals surface area contributed by atoms with Crippen LogP contribution >= 0.6 is 0 Å². The van der Waals surface area contributed by atoms with Crippen molar-refractivity contribution >= 4 is 5.97 Å². The molecule has 0 bridgehead atoms. The highest BCUT2D eigenvalue weighted by molar-refractivity contribution is 5.71. The van der Waals surface area contributed by atoms with Crippen LogP contribution in [0.25, 0.3) is 5.69 Å². The molecular formula is C17H21NO2. The number of carboxylic acids is 1. The molecule has 2 rings (SSSR count). The summed E-state index contributed by atoms with van der Waals surface area (Å²) in [6.45, 7) is 10.3. The molecule has 3 nitrogen and oxygen atoms in total. The lowest BCUT2D eigenvalue weighted by Crippen LogP contribution is -2.06. The maximum Gasteiger partial charge on any atom is 0.307 e. The second kappa shape index (κ2) is 5.16. The molecule has 0 aliphatic carbocycles. The lowest BCUT2D eigenvalue weighted by atomic mass is 10.0. The average molecular weight is 271 g/mol. The first-order chi connectivity index (χ1) is 9.31. The van der Waals surface area contributed by atoms with Gasteiger partial charge in [0.25, 0.3) is 0 Å². The predicted molar refractivity (Wildman–Crippen MR) is 80.8 cm³/mol. The van der Waals surface area contributed by atoms with Crippen molar-refractivity contribution in [2.75, 3.05) is 0 Å². The van der Waals surface area contributed by atoms with Crippen molar-refractivity contribution in [2.24, 2.45) is 0 Å². The average Bonchev–Trinajstić information content (AvgIpc) is 2.54. The van der Waals surface area contributed by atoms with Crippen LogP contribution in [0.1, 0.15) is 33.6 Å². The highest BCUT2D eigenvalue weighted by Crippen LogP contribution is 2.27. The number of aryl methyl sites for hydroxylation is 4. The van der Waals surface area contributed by atoms with Crippen molar-refractivity contribution in [1.82, 2.24) is 4.57 Å². The molecule has 0 radical (unpaired) electrons. The Kier molecular flexibility index (Phi) is 3.71. The van der Waals surface area contributed by atoms with E-state index in [2.05, 4.69) is 37.5 Å². The lowest BCUT2D eigenvalue weighted by Gasteiger charge is -2.17. The lowest BCUT2D eigenvalue weighted by molar-refractivity contribution is -0.136. The van der Waals surface area contributed by atoms with Crippen molar-refractivity contribution in [1.29, 1.82) is 0 Å². The van der Waals surface area contributed by atoms with Gasteiger partial charge in [-0.2, -0.15) is 0 Å². The molecule has 2 aromatic rings. The molecule has 0 atom stereocenters. The number of aromatic nitrogens is 1. The molecule has 0 aliphatic rings. The van der Waals surface area contributed by atoms with E-state index in [-0.39, 0.29) is 6.42 Å². The Morgan fingerprint density at radius 3 is 2.10 bits per heavy atom. The van der Waals surface area contributed by atoms with Crippen LogP contribution in [0.2, 0.25) is 0 Å². The van der Waals surface area contributed by atoms with Crippen molar-refractivity contribution in [3.63, 3.8) is 0 Å². The smallest absolute Gasteiger partial charge is 0.307 e. The van der Waals surface area contributed by atoms with Gasteiger partial charge in [-0.1, -0.05) is 17.7 Å². The number of carbonyl (C=O) groups is 1. The summed E-state index contributed by atoms with van der Waals surface area (Å²) in [5, 5.41) is 9.00. The minimum absolute atomic E-state index is 0.0730. The van der Waals surface area contributed by atoms with Gasteiger partial charge in [-0.25, -0.2) is 0 Å². The van der Waals surface area contributed by atoms with Crippen molar-refractivity contribution in [3.8, 4) is 5.69 Å². The van der Waals surface area contributed by atoms with Gasteiger partial charge in [0.2, 0.25) is 0 Å². The van der Waals surface area contributed by atoms with Crippen LogP contribution in [-0.4, -0.2) is 15.6 Å². The second-order valence-electron chi connectivity index (χ2n) is 5.55. The number of rotatable bonds is 3. The summed E-state index contributed by atoms with van der Waals surface area (Å²) >= 11 is 0. The standard InChI is InChI=1S/C17H21NO2/c1-10-6-11(2)17(12(3)7-10)18-13(4)8-15(14(18)5)9-16(19)20/h6-8H,9H2,1-5H3,(H,19,20). The van der Waals surface area contributed by atoms with E-state index >= 15 is 0 Å². The van der Waals surface area contributed by atoms with Gasteiger partial charge in [0.05, 0.1) is 12.1 Å². The Morgan fingerprint density at radius 1 is 1.05 bits per heavy atom. The van der Waals surface area contributed by atoms with E-state index in [0.29, 0.717) is 0 Å². The minimum atomic E-state index is -0.789. The Balaban J connectivity index is 2.65. The zero-order valence-electron chi connectivity index (χ0n) is 12.7. The van der Waals surface area contributed by atoms with Crippen LogP contribution in [-0.2, 0) is 11.2 Å². The summed E-state index contributed by atoms with van der Waals surface area (Å²) in [6, 6.07) is 6.30. The summed E-state index contributed by atoms with van der Waals surface area (Å²) in [6.07, 6.45) is 0.0730. The zero-order chi connectivity index (χ0) is 15.0. The maximum absolute atomic E-state index is 10.9. The highest BCUT2D eigenvalue weighted by Gasteiger charge is 2.15. The molecule has 20 heavy (non-hydrogen) atoms. The van der Waals surface area contributed by atoms with Crippen molar-refractivity contribution < 1.29 is 9.90 Å². The molecule has 0 aliphatic heterocycles.